The molecule has 0 amide bonds. The summed E-state index contributed by atoms with van der Waals surface area (Å²) >= 11 is 0. The molecule has 0 spiro atoms. The van der Waals surface area contributed by atoms with Crippen molar-refractivity contribution in [2.24, 2.45) is 0 Å². The van der Waals surface area contributed by atoms with Gasteiger partial charge >= 0.3 is 0 Å². The molecule has 120 valence electrons. The van der Waals surface area contributed by atoms with Crippen LogP contribution in [-0.4, -0.2) is 44.2 Å². The fraction of sp³-hybridized carbons (Fsp3) is 0.667. The Morgan fingerprint density at radius 1 is 1.00 bits per heavy atom. The van der Waals surface area contributed by atoms with E-state index in [4.69, 9.17) is 4.74 Å². The number of nitrogens with zero attached hydrogens (tertiary/aromatic N) is 1. The first-order valence-electron chi connectivity index (χ1n) is 8.13. The predicted octanol–water partition coefficient (Wildman–Crippen LogP) is 3.29. The molecule has 0 saturated heterocycles. The van der Waals surface area contributed by atoms with Gasteiger partial charge in [-0.3, -0.25) is 0 Å². The van der Waals surface area contributed by atoms with Crippen LogP contribution in [0.3, 0.4) is 0 Å². The van der Waals surface area contributed by atoms with Crippen molar-refractivity contribution in [1.29, 1.82) is 0 Å². The lowest BCUT2D eigenvalue weighted by molar-refractivity contribution is 0.285. The summed E-state index contributed by atoms with van der Waals surface area (Å²) in [6.07, 6.45) is 0. The summed E-state index contributed by atoms with van der Waals surface area (Å²) < 4.78 is 5.76. The van der Waals surface area contributed by atoms with E-state index in [1.54, 1.807) is 0 Å². The maximum Gasteiger partial charge on any atom is 0.119 e. The molecular weight excluding hydrogens is 260 g/mol. The van der Waals surface area contributed by atoms with Crippen molar-refractivity contribution in [1.82, 2.24) is 10.2 Å². The van der Waals surface area contributed by atoms with Crippen LogP contribution < -0.4 is 10.1 Å². The van der Waals surface area contributed by atoms with Gasteiger partial charge in [0.1, 0.15) is 12.4 Å². The number of benzene rings is 1. The first-order chi connectivity index (χ1) is 9.97. The lowest BCUT2D eigenvalue weighted by Crippen LogP contribution is -2.33. The average molecular weight is 292 g/mol. The van der Waals surface area contributed by atoms with Crippen LogP contribution in [0, 0.1) is 0 Å². The Kier molecular flexibility index (Phi) is 7.76. The molecule has 0 aromatic heterocycles. The Bertz CT molecular complexity index is 377. The molecule has 0 heterocycles. The predicted molar refractivity (Wildman–Crippen MR) is 91.3 cm³/mol. The zero-order chi connectivity index (χ0) is 15.7. The number of rotatable bonds is 9. The molecule has 0 radical (unpaired) electrons. The summed E-state index contributed by atoms with van der Waals surface area (Å²) in [7, 11) is 0. The highest BCUT2D eigenvalue weighted by Gasteiger charge is 2.12. The van der Waals surface area contributed by atoms with Gasteiger partial charge in [-0.15, -0.1) is 0 Å². The minimum atomic E-state index is 0.199. The highest BCUT2D eigenvalue weighted by molar-refractivity contribution is 5.31. The fourth-order valence-electron chi connectivity index (χ4n) is 2.19. The van der Waals surface area contributed by atoms with Gasteiger partial charge in [0.15, 0.2) is 0 Å². The summed E-state index contributed by atoms with van der Waals surface area (Å²) in [6.45, 7) is 17.1. The number of likely N-dealkylation sites (N-methyl/N-ethyl adjacent to an activating group) is 1. The van der Waals surface area contributed by atoms with Gasteiger partial charge in [0, 0.05) is 19.6 Å². The highest BCUT2D eigenvalue weighted by Crippen LogP contribution is 2.24. The van der Waals surface area contributed by atoms with E-state index in [2.05, 4.69) is 69.1 Å². The molecule has 1 aromatic rings. The maximum atomic E-state index is 5.76. The smallest absolute Gasteiger partial charge is 0.119 e. The third kappa shape index (κ3) is 6.96. The summed E-state index contributed by atoms with van der Waals surface area (Å²) in [5, 5.41) is 3.42. The summed E-state index contributed by atoms with van der Waals surface area (Å²) in [6, 6.07) is 8.44. The van der Waals surface area contributed by atoms with Gasteiger partial charge in [-0.25, -0.2) is 0 Å². The second-order valence-electron chi connectivity index (χ2n) is 6.40. The molecule has 1 rings (SSSR count). The molecule has 0 fully saturated rings. The van der Waals surface area contributed by atoms with Crippen LogP contribution in [0.4, 0.5) is 0 Å². The Hall–Kier alpha value is -1.06. The van der Waals surface area contributed by atoms with Gasteiger partial charge in [-0.1, -0.05) is 46.8 Å². The van der Waals surface area contributed by atoms with Crippen LogP contribution >= 0.6 is 0 Å². The standard InChI is InChI=1S/C18H32N2O/c1-6-20(7-2)14-12-19-13-15-21-17-10-8-16(9-11-17)18(3,4)5/h8-11,19H,6-7,12-15H2,1-5H3. The highest BCUT2D eigenvalue weighted by atomic mass is 16.5. The molecule has 21 heavy (non-hydrogen) atoms. The topological polar surface area (TPSA) is 24.5 Å². The van der Waals surface area contributed by atoms with Crippen molar-refractivity contribution in [2.45, 2.75) is 40.0 Å². The third-order valence-electron chi connectivity index (χ3n) is 3.77. The van der Waals surface area contributed by atoms with E-state index in [0.29, 0.717) is 6.61 Å². The van der Waals surface area contributed by atoms with Gasteiger partial charge in [-0.05, 0) is 36.2 Å². The zero-order valence-corrected chi connectivity index (χ0v) is 14.4. The van der Waals surface area contributed by atoms with Crippen molar-refractivity contribution in [3.8, 4) is 5.75 Å². The molecule has 0 atom stereocenters. The van der Waals surface area contributed by atoms with Crippen molar-refractivity contribution in [2.75, 3.05) is 39.3 Å². The van der Waals surface area contributed by atoms with E-state index >= 15 is 0 Å². The van der Waals surface area contributed by atoms with E-state index in [1.807, 2.05) is 0 Å². The summed E-state index contributed by atoms with van der Waals surface area (Å²) in [5.41, 5.74) is 1.54. The molecule has 1 aromatic carbocycles. The van der Waals surface area contributed by atoms with Gasteiger partial charge < -0.3 is 15.0 Å². The first-order valence-corrected chi connectivity index (χ1v) is 8.13. The van der Waals surface area contributed by atoms with Crippen LogP contribution in [0.1, 0.15) is 40.2 Å². The minimum absolute atomic E-state index is 0.199. The third-order valence-corrected chi connectivity index (χ3v) is 3.77. The monoisotopic (exact) mass is 292 g/mol. The lowest BCUT2D eigenvalue weighted by atomic mass is 9.87. The molecule has 3 nitrogen and oxygen atoms in total. The molecule has 3 heteroatoms. The normalized spacial score (nSPS) is 11.9. The maximum absolute atomic E-state index is 5.76. The second-order valence-corrected chi connectivity index (χ2v) is 6.40. The van der Waals surface area contributed by atoms with Crippen LogP contribution in [0.2, 0.25) is 0 Å². The minimum Gasteiger partial charge on any atom is -0.492 e. The number of ether oxygens (including phenoxy) is 1. The van der Waals surface area contributed by atoms with Gasteiger partial charge in [0.2, 0.25) is 0 Å². The molecule has 0 unspecified atom stereocenters. The molecule has 0 aliphatic rings. The van der Waals surface area contributed by atoms with E-state index in [-0.39, 0.29) is 5.41 Å². The Morgan fingerprint density at radius 3 is 2.14 bits per heavy atom. The van der Waals surface area contributed by atoms with Gasteiger partial charge in [0.25, 0.3) is 0 Å². The largest absolute Gasteiger partial charge is 0.492 e. The van der Waals surface area contributed by atoms with Gasteiger partial charge in [0.05, 0.1) is 0 Å². The van der Waals surface area contributed by atoms with Crippen LogP contribution in [0.15, 0.2) is 24.3 Å². The zero-order valence-electron chi connectivity index (χ0n) is 14.4. The summed E-state index contributed by atoms with van der Waals surface area (Å²) in [5.74, 6) is 0.952. The van der Waals surface area contributed by atoms with Crippen LogP contribution in [0.5, 0.6) is 5.75 Å². The van der Waals surface area contributed by atoms with E-state index in [9.17, 15) is 0 Å². The van der Waals surface area contributed by atoms with Crippen molar-refractivity contribution < 1.29 is 4.74 Å². The van der Waals surface area contributed by atoms with Crippen LogP contribution in [0.25, 0.3) is 0 Å². The molecule has 1 N–H and O–H groups in total. The molecule has 0 aliphatic carbocycles. The van der Waals surface area contributed by atoms with Crippen molar-refractivity contribution in [3.63, 3.8) is 0 Å². The Morgan fingerprint density at radius 2 is 1.62 bits per heavy atom. The quantitative estimate of drug-likeness (QED) is 0.707. The lowest BCUT2D eigenvalue weighted by Gasteiger charge is -2.19. The van der Waals surface area contributed by atoms with Crippen LogP contribution in [-0.2, 0) is 5.41 Å². The fourth-order valence-corrected chi connectivity index (χ4v) is 2.19. The number of hydrogen-bond acceptors (Lipinski definition) is 3. The first kappa shape index (κ1) is 18.0. The molecular formula is C18H32N2O. The number of hydrogen-bond donors (Lipinski definition) is 1. The van der Waals surface area contributed by atoms with E-state index in [1.165, 1.54) is 5.56 Å². The molecule has 0 bridgehead atoms. The average Bonchev–Trinajstić information content (AvgIpc) is 2.46. The van der Waals surface area contributed by atoms with E-state index < -0.39 is 0 Å². The molecule has 0 aliphatic heterocycles. The SMILES string of the molecule is CCN(CC)CCNCCOc1ccc(C(C)(C)C)cc1. The van der Waals surface area contributed by atoms with E-state index in [0.717, 1.165) is 38.5 Å². The summed E-state index contributed by atoms with van der Waals surface area (Å²) in [4.78, 5) is 2.42. The number of nitrogens with one attached hydrogen (secondary N) is 1. The van der Waals surface area contributed by atoms with Crippen molar-refractivity contribution in [3.05, 3.63) is 29.8 Å². The Balaban J connectivity index is 2.18. The van der Waals surface area contributed by atoms with Crippen molar-refractivity contribution >= 4 is 0 Å². The Labute approximate surface area is 130 Å². The second kappa shape index (κ2) is 9.06. The van der Waals surface area contributed by atoms with Gasteiger partial charge in [-0.2, -0.15) is 0 Å². The molecule has 0 saturated carbocycles.